The van der Waals surface area contributed by atoms with Crippen molar-refractivity contribution in [1.29, 1.82) is 0 Å². The summed E-state index contributed by atoms with van der Waals surface area (Å²) in [5.74, 6) is 1.04. The van der Waals surface area contributed by atoms with Gasteiger partial charge in [-0.2, -0.15) is 9.50 Å². The fraction of sp³-hybridized carbons (Fsp3) is 0.167. The van der Waals surface area contributed by atoms with Gasteiger partial charge in [0, 0.05) is 11.8 Å². The van der Waals surface area contributed by atoms with Gasteiger partial charge < -0.3 is 5.32 Å². The third-order valence-electron chi connectivity index (χ3n) is 3.90. The number of thiophene rings is 1. The molecule has 0 radical (unpaired) electrons. The minimum absolute atomic E-state index is 0.168. The fourth-order valence-electron chi connectivity index (χ4n) is 2.58. The summed E-state index contributed by atoms with van der Waals surface area (Å²) in [5, 5.41) is 8.28. The molecule has 0 saturated carbocycles. The molecule has 0 bridgehead atoms. The predicted octanol–water partition coefficient (Wildman–Crippen LogP) is 3.03. The largest absolute Gasteiger partial charge is 0.379 e. The maximum Gasteiger partial charge on any atom is 0.274 e. The topological polar surface area (TPSA) is 75.1 Å². The molecule has 2 N–H and O–H groups in total. The van der Waals surface area contributed by atoms with Crippen LogP contribution in [-0.2, 0) is 6.54 Å². The van der Waals surface area contributed by atoms with Gasteiger partial charge in [0.1, 0.15) is 0 Å². The van der Waals surface area contributed by atoms with E-state index in [0.29, 0.717) is 23.8 Å². The summed E-state index contributed by atoms with van der Waals surface area (Å²) < 4.78 is 1.37. The molecule has 1 aliphatic rings. The predicted molar refractivity (Wildman–Crippen MR) is 99.4 cm³/mol. The number of fused-ring (bicyclic) bond motifs is 1. The molecular formula is C18H17N5OS. The van der Waals surface area contributed by atoms with E-state index < -0.39 is 0 Å². The number of nitrogens with one attached hydrogen (secondary N) is 2. The second-order valence-corrected chi connectivity index (χ2v) is 6.81. The van der Waals surface area contributed by atoms with Crippen molar-refractivity contribution < 1.29 is 0 Å². The lowest BCUT2D eigenvalue weighted by atomic mass is 10.2. The van der Waals surface area contributed by atoms with Crippen molar-refractivity contribution in [2.24, 2.45) is 0 Å². The second kappa shape index (κ2) is 6.52. The summed E-state index contributed by atoms with van der Waals surface area (Å²) in [4.78, 5) is 22.2. The van der Waals surface area contributed by atoms with Gasteiger partial charge in [-0.3, -0.25) is 9.89 Å². The average Bonchev–Trinajstić information content (AvgIpc) is 3.21. The lowest BCUT2D eigenvalue weighted by molar-refractivity contribution is 0.787. The minimum Gasteiger partial charge on any atom is -0.379 e. The molecule has 0 amide bonds. The van der Waals surface area contributed by atoms with Gasteiger partial charge in [-0.15, -0.1) is 11.3 Å². The second-order valence-electron chi connectivity index (χ2n) is 5.87. The summed E-state index contributed by atoms with van der Waals surface area (Å²) in [7, 11) is 0. The number of allylic oxidation sites excluding steroid dienone is 5. The normalized spacial score (nSPS) is 14.3. The Bertz CT molecular complexity index is 1050. The highest BCUT2D eigenvalue weighted by atomic mass is 32.1. The summed E-state index contributed by atoms with van der Waals surface area (Å²) in [5.41, 5.74) is 2.80. The number of H-pyrrole nitrogens is 1. The minimum atomic E-state index is -0.168. The highest BCUT2D eigenvalue weighted by Gasteiger charge is 2.10. The molecule has 0 fully saturated rings. The summed E-state index contributed by atoms with van der Waals surface area (Å²) in [6.45, 7) is 2.57. The first-order chi connectivity index (χ1) is 12.2. The Kier molecular flexibility index (Phi) is 4.07. The van der Waals surface area contributed by atoms with E-state index in [2.05, 4.69) is 39.5 Å². The quantitative estimate of drug-likeness (QED) is 0.758. The summed E-state index contributed by atoms with van der Waals surface area (Å²) in [6, 6.07) is 5.43. The molecule has 3 heterocycles. The standard InChI is InChI=1S/C18H17N5OS/c1-12-4-2-5-13(8-7-12)19-11-14-10-16(24)23-18(20-14)21-17(22-23)15-6-3-9-25-15/h2-3,5-10,19H,4,11H2,1H3,(H,20,21,22). The monoisotopic (exact) mass is 351 g/mol. The zero-order valence-corrected chi connectivity index (χ0v) is 14.5. The number of hydrogen-bond donors (Lipinski definition) is 2. The van der Waals surface area contributed by atoms with Crippen LogP contribution < -0.4 is 10.9 Å². The van der Waals surface area contributed by atoms with E-state index in [1.54, 1.807) is 11.3 Å². The van der Waals surface area contributed by atoms with Crippen molar-refractivity contribution in [3.63, 3.8) is 0 Å². The Balaban J connectivity index is 1.59. The number of aromatic amines is 1. The van der Waals surface area contributed by atoms with Gasteiger partial charge in [0.05, 0.1) is 17.1 Å². The van der Waals surface area contributed by atoms with Gasteiger partial charge in [0.2, 0.25) is 0 Å². The van der Waals surface area contributed by atoms with Gasteiger partial charge >= 0.3 is 0 Å². The molecule has 0 atom stereocenters. The van der Waals surface area contributed by atoms with Gasteiger partial charge in [-0.1, -0.05) is 23.8 Å². The maximum atomic E-state index is 12.3. The molecule has 0 unspecified atom stereocenters. The SMILES string of the molecule is CC1=CC=C(NCc2cc(=O)n3[nH]c(-c4cccs4)nc3n2)C=CC1. The van der Waals surface area contributed by atoms with Crippen molar-refractivity contribution >= 4 is 17.1 Å². The molecule has 0 aliphatic heterocycles. The average molecular weight is 351 g/mol. The number of hydrogen-bond acceptors (Lipinski definition) is 5. The Morgan fingerprint density at radius 2 is 2.28 bits per heavy atom. The van der Waals surface area contributed by atoms with Crippen LogP contribution in [0.1, 0.15) is 19.0 Å². The highest BCUT2D eigenvalue weighted by molar-refractivity contribution is 7.13. The third kappa shape index (κ3) is 3.32. The van der Waals surface area contributed by atoms with Gasteiger partial charge in [-0.25, -0.2) is 4.98 Å². The van der Waals surface area contributed by atoms with Crippen LogP contribution in [0.15, 0.2) is 63.9 Å². The molecule has 6 nitrogen and oxygen atoms in total. The maximum absolute atomic E-state index is 12.3. The molecule has 3 aromatic rings. The Morgan fingerprint density at radius 1 is 1.36 bits per heavy atom. The zero-order valence-electron chi connectivity index (χ0n) is 13.7. The van der Waals surface area contributed by atoms with Crippen LogP contribution in [0.2, 0.25) is 0 Å². The Morgan fingerprint density at radius 3 is 3.12 bits per heavy atom. The van der Waals surface area contributed by atoms with Gasteiger partial charge in [-0.05, 0) is 36.9 Å². The molecule has 0 spiro atoms. The van der Waals surface area contributed by atoms with E-state index in [1.807, 2.05) is 29.7 Å². The lowest BCUT2D eigenvalue weighted by Crippen LogP contribution is -2.19. The van der Waals surface area contributed by atoms with Crippen LogP contribution in [-0.4, -0.2) is 19.6 Å². The van der Waals surface area contributed by atoms with Crippen LogP contribution in [0, 0.1) is 0 Å². The van der Waals surface area contributed by atoms with Crippen molar-refractivity contribution in [1.82, 2.24) is 24.9 Å². The van der Waals surface area contributed by atoms with Crippen molar-refractivity contribution in [3.8, 4) is 10.7 Å². The first-order valence-electron chi connectivity index (χ1n) is 7.99. The van der Waals surface area contributed by atoms with Gasteiger partial charge in [0.25, 0.3) is 11.3 Å². The van der Waals surface area contributed by atoms with Crippen LogP contribution in [0.25, 0.3) is 16.5 Å². The first-order valence-corrected chi connectivity index (χ1v) is 8.87. The fourth-order valence-corrected chi connectivity index (χ4v) is 3.24. The van der Waals surface area contributed by atoms with E-state index >= 15 is 0 Å². The molecule has 1 aliphatic carbocycles. The third-order valence-corrected chi connectivity index (χ3v) is 4.77. The van der Waals surface area contributed by atoms with Crippen molar-refractivity contribution in [3.05, 3.63) is 75.2 Å². The van der Waals surface area contributed by atoms with E-state index in [4.69, 9.17) is 0 Å². The highest BCUT2D eigenvalue weighted by Crippen LogP contribution is 2.20. The van der Waals surface area contributed by atoms with E-state index in [9.17, 15) is 4.79 Å². The molecular weight excluding hydrogens is 334 g/mol. The summed E-state index contributed by atoms with van der Waals surface area (Å²) >= 11 is 1.56. The molecule has 7 heteroatoms. The lowest BCUT2D eigenvalue weighted by Gasteiger charge is -2.05. The van der Waals surface area contributed by atoms with Crippen LogP contribution >= 0.6 is 11.3 Å². The van der Waals surface area contributed by atoms with Gasteiger partial charge in [0.15, 0.2) is 5.82 Å². The van der Waals surface area contributed by atoms with Crippen molar-refractivity contribution in [2.45, 2.75) is 19.9 Å². The smallest absolute Gasteiger partial charge is 0.274 e. The van der Waals surface area contributed by atoms with E-state index in [0.717, 1.165) is 17.0 Å². The molecule has 126 valence electrons. The van der Waals surface area contributed by atoms with Crippen molar-refractivity contribution in [2.75, 3.05) is 0 Å². The van der Waals surface area contributed by atoms with E-state index in [1.165, 1.54) is 16.2 Å². The van der Waals surface area contributed by atoms with E-state index in [-0.39, 0.29) is 5.56 Å². The Labute approximate surface area is 148 Å². The number of rotatable bonds is 4. The molecule has 0 aromatic carbocycles. The molecule has 25 heavy (non-hydrogen) atoms. The number of nitrogens with zero attached hydrogens (tertiary/aromatic N) is 3. The summed E-state index contributed by atoms with van der Waals surface area (Å²) in [6.07, 6.45) is 9.24. The van der Waals surface area contributed by atoms with Crippen LogP contribution in [0.5, 0.6) is 0 Å². The zero-order chi connectivity index (χ0) is 17.2. The van der Waals surface area contributed by atoms with Crippen LogP contribution in [0.4, 0.5) is 0 Å². The Hall–Kier alpha value is -2.93. The number of aromatic nitrogens is 4. The van der Waals surface area contributed by atoms with Crippen LogP contribution in [0.3, 0.4) is 0 Å². The first kappa shape index (κ1) is 15.6. The molecule has 0 saturated heterocycles. The molecule has 3 aromatic heterocycles. The molecule has 4 rings (SSSR count).